The molecule has 0 atom stereocenters. The fraction of sp³-hybridized carbons (Fsp3) is 0.0556. The molecule has 0 unspecified atom stereocenters. The number of amides is 1. The lowest BCUT2D eigenvalue weighted by atomic mass is 10.1. The van der Waals surface area contributed by atoms with Crippen molar-refractivity contribution >= 4 is 11.4 Å². The van der Waals surface area contributed by atoms with E-state index in [-0.39, 0.29) is 5.91 Å². The van der Waals surface area contributed by atoms with E-state index in [0.29, 0.717) is 5.69 Å². The molecule has 4 aromatic rings. The number of carbonyl (C=O) groups is 1. The Morgan fingerprint density at radius 1 is 1.17 bits per heavy atom. The highest BCUT2D eigenvalue weighted by atomic mass is 16.1. The minimum absolute atomic E-state index is 0.166. The van der Waals surface area contributed by atoms with Crippen LogP contribution < -0.4 is 5.32 Å². The fourth-order valence-corrected chi connectivity index (χ4v) is 2.80. The molecule has 118 valence electrons. The number of aromatic amines is 1. The van der Waals surface area contributed by atoms with Gasteiger partial charge >= 0.3 is 0 Å². The van der Waals surface area contributed by atoms with Gasteiger partial charge in [0.2, 0.25) is 0 Å². The number of hydrogen-bond acceptors (Lipinski definition) is 3. The SMILES string of the molecule is CNC(=O)c1[nH]c(-c2ncnn3cccc23)cc1-c1ccccc1. The molecule has 3 aromatic heterocycles. The van der Waals surface area contributed by atoms with Gasteiger partial charge in [-0.15, -0.1) is 0 Å². The molecule has 24 heavy (non-hydrogen) atoms. The zero-order valence-electron chi connectivity index (χ0n) is 13.0. The van der Waals surface area contributed by atoms with Crippen molar-refractivity contribution < 1.29 is 4.79 Å². The third kappa shape index (κ3) is 2.25. The van der Waals surface area contributed by atoms with E-state index in [4.69, 9.17) is 0 Å². The monoisotopic (exact) mass is 317 g/mol. The topological polar surface area (TPSA) is 75.1 Å². The number of aromatic nitrogens is 4. The van der Waals surface area contributed by atoms with E-state index < -0.39 is 0 Å². The van der Waals surface area contributed by atoms with Crippen molar-refractivity contribution in [1.82, 2.24) is 24.9 Å². The van der Waals surface area contributed by atoms with Crippen LogP contribution in [0.4, 0.5) is 0 Å². The number of rotatable bonds is 3. The average molecular weight is 317 g/mol. The first-order valence-corrected chi connectivity index (χ1v) is 7.57. The zero-order chi connectivity index (χ0) is 16.5. The molecule has 0 bridgehead atoms. The maximum Gasteiger partial charge on any atom is 0.268 e. The molecule has 0 aliphatic heterocycles. The van der Waals surface area contributed by atoms with E-state index in [9.17, 15) is 4.79 Å². The summed E-state index contributed by atoms with van der Waals surface area (Å²) in [6.45, 7) is 0. The Morgan fingerprint density at radius 3 is 2.79 bits per heavy atom. The number of fused-ring (bicyclic) bond motifs is 1. The second kappa shape index (κ2) is 5.66. The summed E-state index contributed by atoms with van der Waals surface area (Å²) in [6.07, 6.45) is 3.37. The normalized spacial score (nSPS) is 10.9. The van der Waals surface area contributed by atoms with Crippen LogP contribution in [0.15, 0.2) is 61.1 Å². The summed E-state index contributed by atoms with van der Waals surface area (Å²) in [6, 6.07) is 15.6. The molecule has 0 fully saturated rings. The zero-order valence-corrected chi connectivity index (χ0v) is 13.0. The fourth-order valence-electron chi connectivity index (χ4n) is 2.80. The maximum atomic E-state index is 12.3. The van der Waals surface area contributed by atoms with Gasteiger partial charge in [0, 0.05) is 18.8 Å². The molecule has 0 radical (unpaired) electrons. The molecular weight excluding hydrogens is 302 g/mol. The molecule has 2 N–H and O–H groups in total. The van der Waals surface area contributed by atoms with E-state index in [1.165, 1.54) is 6.33 Å². The van der Waals surface area contributed by atoms with Gasteiger partial charge in [0.15, 0.2) is 0 Å². The van der Waals surface area contributed by atoms with Gasteiger partial charge in [-0.2, -0.15) is 5.10 Å². The van der Waals surface area contributed by atoms with E-state index >= 15 is 0 Å². The highest BCUT2D eigenvalue weighted by Gasteiger charge is 2.18. The molecule has 6 nitrogen and oxygen atoms in total. The Labute approximate surface area is 138 Å². The number of hydrogen-bond donors (Lipinski definition) is 2. The Bertz CT molecular complexity index is 1020. The Kier molecular flexibility index (Phi) is 3.35. The summed E-state index contributed by atoms with van der Waals surface area (Å²) in [5, 5.41) is 6.86. The summed E-state index contributed by atoms with van der Waals surface area (Å²) < 4.78 is 1.75. The van der Waals surface area contributed by atoms with Crippen LogP contribution in [0.5, 0.6) is 0 Å². The second-order valence-corrected chi connectivity index (χ2v) is 5.36. The van der Waals surface area contributed by atoms with Crippen LogP contribution in [0.3, 0.4) is 0 Å². The van der Waals surface area contributed by atoms with Crippen molar-refractivity contribution in [1.29, 1.82) is 0 Å². The average Bonchev–Trinajstić information content (AvgIpc) is 3.28. The third-order valence-electron chi connectivity index (χ3n) is 3.95. The summed E-state index contributed by atoms with van der Waals surface area (Å²) in [4.78, 5) is 19.9. The number of nitrogens with one attached hydrogen (secondary N) is 2. The van der Waals surface area contributed by atoms with Gasteiger partial charge in [-0.1, -0.05) is 30.3 Å². The second-order valence-electron chi connectivity index (χ2n) is 5.36. The van der Waals surface area contributed by atoms with Gasteiger partial charge in [-0.3, -0.25) is 4.79 Å². The van der Waals surface area contributed by atoms with E-state index in [0.717, 1.165) is 28.0 Å². The minimum Gasteiger partial charge on any atom is -0.354 e. The van der Waals surface area contributed by atoms with E-state index in [1.54, 1.807) is 11.6 Å². The van der Waals surface area contributed by atoms with Crippen LogP contribution in [0, 0.1) is 0 Å². The van der Waals surface area contributed by atoms with E-state index in [2.05, 4.69) is 20.4 Å². The van der Waals surface area contributed by atoms with Gasteiger partial charge in [0.25, 0.3) is 5.91 Å². The lowest BCUT2D eigenvalue weighted by Gasteiger charge is -2.02. The highest BCUT2D eigenvalue weighted by Crippen LogP contribution is 2.30. The molecule has 3 heterocycles. The predicted molar refractivity (Wildman–Crippen MR) is 91.6 cm³/mol. The van der Waals surface area contributed by atoms with Crippen LogP contribution in [0.25, 0.3) is 28.0 Å². The molecule has 4 rings (SSSR count). The van der Waals surface area contributed by atoms with Gasteiger partial charge in [0.05, 0.1) is 11.2 Å². The van der Waals surface area contributed by atoms with E-state index in [1.807, 2.05) is 54.7 Å². The number of H-pyrrole nitrogens is 1. The molecule has 0 aliphatic carbocycles. The van der Waals surface area contributed by atoms with Crippen molar-refractivity contribution in [3.05, 3.63) is 66.7 Å². The number of carbonyl (C=O) groups excluding carboxylic acids is 1. The van der Waals surface area contributed by atoms with Crippen molar-refractivity contribution in [2.75, 3.05) is 7.05 Å². The van der Waals surface area contributed by atoms with Crippen LogP contribution >= 0.6 is 0 Å². The summed E-state index contributed by atoms with van der Waals surface area (Å²) in [5.41, 5.74) is 4.73. The number of nitrogens with zero attached hydrogens (tertiary/aromatic N) is 3. The Hall–Kier alpha value is -3.41. The quantitative estimate of drug-likeness (QED) is 0.610. The molecule has 1 amide bonds. The Morgan fingerprint density at radius 2 is 2.00 bits per heavy atom. The molecule has 0 spiro atoms. The molecule has 6 heteroatoms. The van der Waals surface area contributed by atoms with Gasteiger partial charge in [0.1, 0.15) is 17.7 Å². The standard InChI is InChI=1S/C18H15N5O/c1-19-18(24)16-13(12-6-3-2-4-7-12)10-14(22-16)17-15-8-5-9-23(15)21-11-20-17/h2-11,22H,1H3,(H,19,24). The Balaban J connectivity index is 1.93. The van der Waals surface area contributed by atoms with Crippen LogP contribution in [0.2, 0.25) is 0 Å². The van der Waals surface area contributed by atoms with Gasteiger partial charge in [-0.05, 0) is 23.8 Å². The molecular formula is C18H15N5O. The van der Waals surface area contributed by atoms with Gasteiger partial charge in [-0.25, -0.2) is 9.50 Å². The third-order valence-corrected chi connectivity index (χ3v) is 3.95. The first-order chi connectivity index (χ1) is 11.8. The van der Waals surface area contributed by atoms with Crippen LogP contribution in [-0.2, 0) is 0 Å². The van der Waals surface area contributed by atoms with Crippen LogP contribution in [-0.4, -0.2) is 32.5 Å². The van der Waals surface area contributed by atoms with Crippen molar-refractivity contribution in [2.45, 2.75) is 0 Å². The number of benzene rings is 1. The summed E-state index contributed by atoms with van der Waals surface area (Å²) in [5.74, 6) is -0.166. The molecule has 0 saturated heterocycles. The molecule has 1 aromatic carbocycles. The minimum atomic E-state index is -0.166. The smallest absolute Gasteiger partial charge is 0.268 e. The van der Waals surface area contributed by atoms with Gasteiger partial charge < -0.3 is 10.3 Å². The van der Waals surface area contributed by atoms with Crippen molar-refractivity contribution in [3.8, 4) is 22.5 Å². The molecule has 0 aliphatic rings. The van der Waals surface area contributed by atoms with Crippen LogP contribution in [0.1, 0.15) is 10.5 Å². The van der Waals surface area contributed by atoms with Crippen molar-refractivity contribution in [2.24, 2.45) is 0 Å². The first kappa shape index (κ1) is 14.2. The largest absolute Gasteiger partial charge is 0.354 e. The first-order valence-electron chi connectivity index (χ1n) is 7.57. The van der Waals surface area contributed by atoms with Crippen molar-refractivity contribution in [3.63, 3.8) is 0 Å². The molecule has 0 saturated carbocycles. The maximum absolute atomic E-state index is 12.3. The lowest BCUT2D eigenvalue weighted by molar-refractivity contribution is 0.0959. The summed E-state index contributed by atoms with van der Waals surface area (Å²) >= 11 is 0. The predicted octanol–water partition coefficient (Wildman–Crippen LogP) is 2.75. The highest BCUT2D eigenvalue weighted by molar-refractivity contribution is 6.01. The summed E-state index contributed by atoms with van der Waals surface area (Å²) in [7, 11) is 1.62. The lowest BCUT2D eigenvalue weighted by Crippen LogP contribution is -2.19.